The van der Waals surface area contributed by atoms with Crippen LogP contribution in [0.2, 0.25) is 0 Å². The standard InChI is InChI=1S/C67H85NO5S4/c1-12-14-19-36-67(10,13-2)64-35-34-61(75-64)63-40-56-52(23-18-16-21-50-26-30-54(31-27-50)71-42-46(5)6)38-57-58(66(56)77-63)37-51(22-17-15-20-49-24-28-53(29-25-49)70-41-45(3)4)55-39-62(76-65(55)57)60-33-32-59(74-60)48(9)68(44-73-69-11)72-43-47(7)8/h24-35,37-40,45-47H,9,12-23,36,41-44H2,1-8,10-11H3. The smallest absolute Gasteiger partial charge is 0.178 e. The predicted molar refractivity (Wildman–Crippen MR) is 335 cm³/mol. The molecule has 0 saturated heterocycles. The highest BCUT2D eigenvalue weighted by Crippen LogP contribution is 2.49. The molecule has 412 valence electrons. The first-order valence-corrected chi connectivity index (χ1v) is 31.9. The Balaban J connectivity index is 1.17. The molecule has 4 heterocycles. The lowest BCUT2D eigenvalue weighted by molar-refractivity contribution is -0.326. The Morgan fingerprint density at radius 3 is 1.55 bits per heavy atom. The molecule has 0 aliphatic rings. The van der Waals surface area contributed by atoms with Crippen LogP contribution in [-0.4, -0.2) is 38.7 Å². The number of hydrogen-bond donors (Lipinski definition) is 0. The molecule has 0 spiro atoms. The summed E-state index contributed by atoms with van der Waals surface area (Å²) in [5.41, 5.74) is 6.59. The molecule has 6 nitrogen and oxygen atoms in total. The van der Waals surface area contributed by atoms with Crippen molar-refractivity contribution in [1.29, 1.82) is 0 Å². The summed E-state index contributed by atoms with van der Waals surface area (Å²) in [6, 6.07) is 37.0. The van der Waals surface area contributed by atoms with Crippen LogP contribution >= 0.6 is 45.3 Å². The van der Waals surface area contributed by atoms with E-state index in [4.69, 9.17) is 24.1 Å². The van der Waals surface area contributed by atoms with Crippen molar-refractivity contribution in [2.45, 2.75) is 151 Å². The van der Waals surface area contributed by atoms with Crippen LogP contribution in [0.4, 0.5) is 0 Å². The summed E-state index contributed by atoms with van der Waals surface area (Å²) in [4.78, 5) is 24.3. The van der Waals surface area contributed by atoms with Gasteiger partial charge in [0.05, 0.1) is 37.5 Å². The molecular formula is C67H85NO5S4. The molecule has 1 atom stereocenters. The Kier molecular flexibility index (Phi) is 21.4. The van der Waals surface area contributed by atoms with Crippen molar-refractivity contribution in [3.8, 4) is 31.0 Å². The van der Waals surface area contributed by atoms with Gasteiger partial charge in [0.25, 0.3) is 0 Å². The number of hydrogen-bond acceptors (Lipinski definition) is 10. The van der Waals surface area contributed by atoms with Gasteiger partial charge in [-0.3, -0.25) is 4.84 Å². The minimum atomic E-state index is 0.124. The van der Waals surface area contributed by atoms with Crippen molar-refractivity contribution in [3.63, 3.8) is 0 Å². The van der Waals surface area contributed by atoms with Crippen LogP contribution in [0.5, 0.6) is 11.5 Å². The van der Waals surface area contributed by atoms with Crippen LogP contribution in [0.25, 0.3) is 56.2 Å². The minimum absolute atomic E-state index is 0.124. The molecule has 1 unspecified atom stereocenters. The summed E-state index contributed by atoms with van der Waals surface area (Å²) in [5, 5.41) is 7.27. The number of ether oxygens (including phenoxy) is 2. The van der Waals surface area contributed by atoms with Crippen molar-refractivity contribution in [2.24, 2.45) is 17.8 Å². The highest BCUT2D eigenvalue weighted by molar-refractivity contribution is 7.28. The zero-order valence-electron chi connectivity index (χ0n) is 47.8. The van der Waals surface area contributed by atoms with Gasteiger partial charge in [-0.2, -0.15) is 0 Å². The number of unbranched alkanes of at least 4 members (excludes halogenated alkanes) is 4. The zero-order valence-corrected chi connectivity index (χ0v) is 51.1. The third kappa shape index (κ3) is 15.4. The minimum Gasteiger partial charge on any atom is -0.493 e. The number of benzene rings is 4. The van der Waals surface area contributed by atoms with Crippen molar-refractivity contribution in [2.75, 3.05) is 33.7 Å². The highest BCUT2D eigenvalue weighted by Gasteiger charge is 2.27. The Morgan fingerprint density at radius 2 is 1.05 bits per heavy atom. The lowest BCUT2D eigenvalue weighted by atomic mass is 9.81. The summed E-state index contributed by atoms with van der Waals surface area (Å²) in [7, 11) is 1.52. The normalized spacial score (nSPS) is 12.8. The monoisotopic (exact) mass is 1110 g/mol. The number of nitrogens with zero attached hydrogens (tertiary/aromatic N) is 1. The van der Waals surface area contributed by atoms with Gasteiger partial charge in [0, 0.05) is 50.0 Å². The molecule has 0 fully saturated rings. The average molecular weight is 1110 g/mol. The Labute approximate surface area is 477 Å². The maximum absolute atomic E-state index is 6.17. The third-order valence-corrected chi connectivity index (χ3v) is 20.0. The Morgan fingerprint density at radius 1 is 0.545 bits per heavy atom. The molecule has 10 heteroatoms. The maximum atomic E-state index is 6.17. The second-order valence-electron chi connectivity index (χ2n) is 22.6. The molecule has 4 aromatic carbocycles. The van der Waals surface area contributed by atoms with E-state index in [0.717, 1.165) is 93.1 Å². The molecule has 77 heavy (non-hydrogen) atoms. The van der Waals surface area contributed by atoms with Crippen LogP contribution in [0.1, 0.15) is 152 Å². The van der Waals surface area contributed by atoms with Crippen LogP contribution in [-0.2, 0) is 45.7 Å². The quantitative estimate of drug-likeness (QED) is 0.0181. The number of aryl methyl sites for hydroxylation is 4. The lowest BCUT2D eigenvalue weighted by Gasteiger charge is -2.27. The molecule has 0 aliphatic heterocycles. The van der Waals surface area contributed by atoms with E-state index < -0.39 is 0 Å². The second-order valence-corrected chi connectivity index (χ2v) is 26.9. The van der Waals surface area contributed by atoms with Gasteiger partial charge in [-0.15, -0.1) is 45.3 Å². The first-order valence-electron chi connectivity index (χ1n) is 28.6. The molecule has 0 aliphatic carbocycles. The summed E-state index contributed by atoms with van der Waals surface area (Å²) in [6.07, 6.45) is 14.8. The van der Waals surface area contributed by atoms with E-state index in [1.807, 2.05) is 34.0 Å². The maximum Gasteiger partial charge on any atom is 0.178 e. The molecule has 0 radical (unpaired) electrons. The number of fused-ring (bicyclic) bond motifs is 5. The summed E-state index contributed by atoms with van der Waals surface area (Å²) < 4.78 is 14.8. The second kappa shape index (κ2) is 28.1. The predicted octanol–water partition coefficient (Wildman–Crippen LogP) is 20.6. The fourth-order valence-corrected chi connectivity index (χ4v) is 14.8. The molecule has 0 N–H and O–H groups in total. The van der Waals surface area contributed by atoms with Gasteiger partial charge in [0.15, 0.2) is 6.73 Å². The van der Waals surface area contributed by atoms with Crippen molar-refractivity contribution in [3.05, 3.63) is 136 Å². The zero-order chi connectivity index (χ0) is 54.5. The van der Waals surface area contributed by atoms with E-state index in [1.54, 1.807) is 16.4 Å². The summed E-state index contributed by atoms with van der Waals surface area (Å²) >= 11 is 7.74. The van der Waals surface area contributed by atoms with Gasteiger partial charge in [0.2, 0.25) is 0 Å². The van der Waals surface area contributed by atoms with Gasteiger partial charge in [-0.05, 0) is 188 Å². The van der Waals surface area contributed by atoms with Crippen LogP contribution in [0.15, 0.2) is 104 Å². The number of thiophene rings is 4. The molecule has 8 rings (SSSR count). The van der Waals surface area contributed by atoms with Gasteiger partial charge < -0.3 is 9.47 Å². The van der Waals surface area contributed by atoms with E-state index in [0.29, 0.717) is 24.4 Å². The van der Waals surface area contributed by atoms with Gasteiger partial charge >= 0.3 is 0 Å². The highest BCUT2D eigenvalue weighted by atomic mass is 32.1. The molecular weight excluding hydrogens is 1030 g/mol. The SMILES string of the molecule is C=C(c1ccc(-c2cc3c(CCCCc4ccc(OCC(C)C)cc4)cc4c(cc(CCCCc5ccc(OCC(C)C)cc5)c5cc(-c6ccc(C(C)(CC)CCCCC)s6)sc54)c3s2)s1)N(COOC)OCC(C)C. The fraction of sp³-hybridized carbons (Fsp3) is 0.463. The number of rotatable bonds is 32. The molecule has 0 bridgehead atoms. The molecule has 8 aromatic rings. The molecule has 0 saturated carbocycles. The van der Waals surface area contributed by atoms with Gasteiger partial charge in [-0.25, -0.2) is 14.8 Å². The van der Waals surface area contributed by atoms with E-state index >= 15 is 0 Å². The van der Waals surface area contributed by atoms with Crippen molar-refractivity contribution < 1.29 is 24.1 Å². The lowest BCUT2D eigenvalue weighted by Crippen LogP contribution is -2.26. The summed E-state index contributed by atoms with van der Waals surface area (Å²) in [6.45, 7) is 26.8. The fourth-order valence-electron chi connectivity index (χ4n) is 9.99. The van der Waals surface area contributed by atoms with E-state index in [-0.39, 0.29) is 12.1 Å². The topological polar surface area (TPSA) is 49.4 Å². The van der Waals surface area contributed by atoms with E-state index in [9.17, 15) is 0 Å². The Bertz CT molecular complexity index is 3120. The first kappa shape index (κ1) is 58.6. The van der Waals surface area contributed by atoms with Crippen LogP contribution in [0.3, 0.4) is 0 Å². The van der Waals surface area contributed by atoms with E-state index in [1.165, 1.54) is 110 Å². The van der Waals surface area contributed by atoms with Gasteiger partial charge in [0.1, 0.15) is 11.5 Å². The van der Waals surface area contributed by atoms with Crippen molar-refractivity contribution >= 4 is 82.0 Å². The first-order chi connectivity index (χ1) is 37.2. The molecule has 4 aromatic heterocycles. The molecule has 0 amide bonds. The Hall–Kier alpha value is -4.52. The van der Waals surface area contributed by atoms with Crippen molar-refractivity contribution in [1.82, 2.24) is 5.06 Å². The van der Waals surface area contributed by atoms with E-state index in [2.05, 4.69) is 166 Å². The average Bonchev–Trinajstić information content (AvgIpc) is 4.37. The van der Waals surface area contributed by atoms with Crippen LogP contribution in [0, 0.1) is 17.8 Å². The van der Waals surface area contributed by atoms with Gasteiger partial charge in [-0.1, -0.05) is 112 Å². The number of hydroxylamine groups is 2. The third-order valence-electron chi connectivity index (χ3n) is 14.8. The van der Waals surface area contributed by atoms with Crippen LogP contribution < -0.4 is 9.47 Å². The summed E-state index contributed by atoms with van der Waals surface area (Å²) in [5.74, 6) is 3.27. The largest absolute Gasteiger partial charge is 0.493 e.